The average molecular weight is 309 g/mol. The van der Waals surface area contributed by atoms with E-state index in [1.54, 1.807) is 12.4 Å². The largest absolute Gasteiger partial charge is 0.334 e. The van der Waals surface area contributed by atoms with Crippen molar-refractivity contribution in [2.45, 2.75) is 31.7 Å². The fraction of sp³-hybridized carbons (Fsp3) is 0.368. The SMILES string of the molecule is O=C(NCc1ccncc1)N1CCC[C@@H](c2ccccc2)CC1. The lowest BCUT2D eigenvalue weighted by molar-refractivity contribution is 0.199. The Bertz CT molecular complexity index is 615. The lowest BCUT2D eigenvalue weighted by atomic mass is 9.92. The highest BCUT2D eigenvalue weighted by molar-refractivity contribution is 5.74. The highest BCUT2D eigenvalue weighted by atomic mass is 16.2. The van der Waals surface area contributed by atoms with Crippen molar-refractivity contribution in [2.24, 2.45) is 0 Å². The number of carbonyl (C=O) groups excluding carboxylic acids is 1. The summed E-state index contributed by atoms with van der Waals surface area (Å²) < 4.78 is 0. The fourth-order valence-corrected chi connectivity index (χ4v) is 3.15. The molecule has 2 amide bonds. The summed E-state index contributed by atoms with van der Waals surface area (Å²) in [6, 6.07) is 14.5. The Morgan fingerprint density at radius 3 is 2.65 bits per heavy atom. The van der Waals surface area contributed by atoms with Crippen molar-refractivity contribution in [3.8, 4) is 0 Å². The van der Waals surface area contributed by atoms with E-state index in [1.807, 2.05) is 17.0 Å². The van der Waals surface area contributed by atoms with Gasteiger partial charge in [-0.1, -0.05) is 30.3 Å². The number of amides is 2. The number of pyridine rings is 1. The zero-order valence-corrected chi connectivity index (χ0v) is 13.3. The van der Waals surface area contributed by atoms with Gasteiger partial charge in [-0.2, -0.15) is 0 Å². The Hall–Kier alpha value is -2.36. The van der Waals surface area contributed by atoms with Gasteiger partial charge in [0.15, 0.2) is 0 Å². The summed E-state index contributed by atoms with van der Waals surface area (Å²) in [6.07, 6.45) is 6.74. The fourth-order valence-electron chi connectivity index (χ4n) is 3.15. The van der Waals surface area contributed by atoms with Gasteiger partial charge in [0.25, 0.3) is 0 Å². The summed E-state index contributed by atoms with van der Waals surface area (Å²) in [7, 11) is 0. The molecular weight excluding hydrogens is 286 g/mol. The second kappa shape index (κ2) is 7.77. The lowest BCUT2D eigenvalue weighted by Crippen LogP contribution is -2.40. The van der Waals surface area contributed by atoms with Crippen LogP contribution in [-0.2, 0) is 6.54 Å². The molecule has 1 aromatic heterocycles. The minimum atomic E-state index is 0.0375. The quantitative estimate of drug-likeness (QED) is 0.942. The van der Waals surface area contributed by atoms with Gasteiger partial charge >= 0.3 is 6.03 Å². The van der Waals surface area contributed by atoms with E-state index in [1.165, 1.54) is 5.56 Å². The molecule has 0 saturated carbocycles. The molecule has 0 unspecified atom stereocenters. The summed E-state index contributed by atoms with van der Waals surface area (Å²) in [5, 5.41) is 3.01. The maximum absolute atomic E-state index is 12.4. The smallest absolute Gasteiger partial charge is 0.317 e. The van der Waals surface area contributed by atoms with E-state index >= 15 is 0 Å². The summed E-state index contributed by atoms with van der Waals surface area (Å²) in [5.41, 5.74) is 2.47. The van der Waals surface area contributed by atoms with E-state index in [4.69, 9.17) is 0 Å². The maximum atomic E-state index is 12.4. The first-order valence-corrected chi connectivity index (χ1v) is 8.29. The van der Waals surface area contributed by atoms with Crippen molar-refractivity contribution in [1.29, 1.82) is 0 Å². The number of aromatic nitrogens is 1. The molecule has 0 aliphatic carbocycles. The molecule has 1 aliphatic rings. The van der Waals surface area contributed by atoms with Crippen molar-refractivity contribution in [1.82, 2.24) is 15.2 Å². The van der Waals surface area contributed by atoms with Crippen LogP contribution in [0.2, 0.25) is 0 Å². The molecule has 2 aromatic rings. The monoisotopic (exact) mass is 309 g/mol. The van der Waals surface area contributed by atoms with Crippen molar-refractivity contribution in [3.05, 3.63) is 66.0 Å². The van der Waals surface area contributed by atoms with Crippen LogP contribution < -0.4 is 5.32 Å². The number of nitrogens with zero attached hydrogens (tertiary/aromatic N) is 2. The second-order valence-corrected chi connectivity index (χ2v) is 6.04. The van der Waals surface area contributed by atoms with E-state index in [-0.39, 0.29) is 6.03 Å². The van der Waals surface area contributed by atoms with Crippen LogP contribution in [-0.4, -0.2) is 29.0 Å². The number of benzene rings is 1. The van der Waals surface area contributed by atoms with Crippen LogP contribution in [0, 0.1) is 0 Å². The molecule has 23 heavy (non-hydrogen) atoms. The Labute approximate surface area is 137 Å². The van der Waals surface area contributed by atoms with Crippen molar-refractivity contribution in [3.63, 3.8) is 0 Å². The van der Waals surface area contributed by atoms with Crippen molar-refractivity contribution >= 4 is 6.03 Å². The third-order valence-corrected chi connectivity index (χ3v) is 4.48. The molecule has 1 N–H and O–H groups in total. The van der Waals surface area contributed by atoms with Crippen LogP contribution in [0.15, 0.2) is 54.9 Å². The molecular formula is C19H23N3O. The minimum Gasteiger partial charge on any atom is -0.334 e. The van der Waals surface area contributed by atoms with Gasteiger partial charge in [-0.05, 0) is 48.4 Å². The van der Waals surface area contributed by atoms with Crippen LogP contribution >= 0.6 is 0 Å². The Morgan fingerprint density at radius 2 is 1.87 bits per heavy atom. The molecule has 4 nitrogen and oxygen atoms in total. The molecule has 0 spiro atoms. The molecule has 0 bridgehead atoms. The Morgan fingerprint density at radius 1 is 1.09 bits per heavy atom. The maximum Gasteiger partial charge on any atom is 0.317 e. The molecule has 4 heteroatoms. The summed E-state index contributed by atoms with van der Waals surface area (Å²) in [5.74, 6) is 0.564. The Balaban J connectivity index is 1.52. The molecule has 1 fully saturated rings. The molecule has 1 aromatic carbocycles. The van der Waals surface area contributed by atoms with Crippen LogP contribution in [0.1, 0.15) is 36.3 Å². The standard InChI is InChI=1S/C19H23N3O/c23-19(21-15-16-8-11-20-12-9-16)22-13-4-7-18(10-14-22)17-5-2-1-3-6-17/h1-3,5-6,8-9,11-12,18H,4,7,10,13-15H2,(H,21,23)/t18-/m1/s1. The molecule has 0 radical (unpaired) electrons. The molecule has 1 aliphatic heterocycles. The third-order valence-electron chi connectivity index (χ3n) is 4.48. The highest BCUT2D eigenvalue weighted by Crippen LogP contribution is 2.27. The van der Waals surface area contributed by atoms with E-state index < -0.39 is 0 Å². The van der Waals surface area contributed by atoms with Gasteiger partial charge in [0.2, 0.25) is 0 Å². The number of hydrogen-bond donors (Lipinski definition) is 1. The number of carbonyl (C=O) groups is 1. The number of urea groups is 1. The minimum absolute atomic E-state index is 0.0375. The van der Waals surface area contributed by atoms with Crippen molar-refractivity contribution in [2.75, 3.05) is 13.1 Å². The first-order chi connectivity index (χ1) is 11.3. The van der Waals surface area contributed by atoms with Gasteiger partial charge in [-0.25, -0.2) is 4.79 Å². The molecule has 3 rings (SSSR count). The second-order valence-electron chi connectivity index (χ2n) is 6.04. The van der Waals surface area contributed by atoms with Gasteiger partial charge in [-0.3, -0.25) is 4.98 Å². The van der Waals surface area contributed by atoms with Crippen LogP contribution in [0.5, 0.6) is 0 Å². The molecule has 120 valence electrons. The van der Waals surface area contributed by atoms with Gasteiger partial charge in [-0.15, -0.1) is 0 Å². The van der Waals surface area contributed by atoms with Crippen molar-refractivity contribution < 1.29 is 4.79 Å². The number of likely N-dealkylation sites (tertiary alicyclic amines) is 1. The zero-order valence-electron chi connectivity index (χ0n) is 13.3. The van der Waals surface area contributed by atoms with E-state index in [9.17, 15) is 4.79 Å². The normalized spacial score (nSPS) is 18.3. The van der Waals surface area contributed by atoms with E-state index in [2.05, 4.69) is 40.6 Å². The summed E-state index contributed by atoms with van der Waals surface area (Å²) in [6.45, 7) is 2.22. The Kier molecular flexibility index (Phi) is 5.25. The number of hydrogen-bond acceptors (Lipinski definition) is 2. The van der Waals surface area contributed by atoms with Gasteiger partial charge < -0.3 is 10.2 Å². The number of nitrogens with one attached hydrogen (secondary N) is 1. The number of rotatable bonds is 3. The van der Waals surface area contributed by atoms with E-state index in [0.29, 0.717) is 12.5 Å². The first kappa shape index (κ1) is 15.5. The topological polar surface area (TPSA) is 45.2 Å². The van der Waals surface area contributed by atoms with Gasteiger partial charge in [0.1, 0.15) is 0 Å². The zero-order chi connectivity index (χ0) is 15.9. The summed E-state index contributed by atoms with van der Waals surface area (Å²) >= 11 is 0. The van der Waals surface area contributed by atoms with Gasteiger partial charge in [0.05, 0.1) is 0 Å². The molecule has 2 heterocycles. The van der Waals surface area contributed by atoms with Crippen LogP contribution in [0.4, 0.5) is 4.79 Å². The summed E-state index contributed by atoms with van der Waals surface area (Å²) in [4.78, 5) is 18.3. The average Bonchev–Trinajstić information content (AvgIpc) is 2.87. The first-order valence-electron chi connectivity index (χ1n) is 8.29. The predicted molar refractivity (Wildman–Crippen MR) is 91.1 cm³/mol. The highest BCUT2D eigenvalue weighted by Gasteiger charge is 2.21. The predicted octanol–water partition coefficient (Wildman–Crippen LogP) is 3.56. The molecule has 1 saturated heterocycles. The van der Waals surface area contributed by atoms with Crippen LogP contribution in [0.3, 0.4) is 0 Å². The van der Waals surface area contributed by atoms with Crippen LogP contribution in [0.25, 0.3) is 0 Å². The third kappa shape index (κ3) is 4.31. The lowest BCUT2D eigenvalue weighted by Gasteiger charge is -2.21. The van der Waals surface area contributed by atoms with Gasteiger partial charge in [0, 0.05) is 32.0 Å². The van der Waals surface area contributed by atoms with E-state index in [0.717, 1.165) is 37.9 Å². The molecule has 1 atom stereocenters.